The van der Waals surface area contributed by atoms with Gasteiger partial charge in [-0.15, -0.1) is 11.3 Å². The molecule has 5 aromatic carbocycles. The highest BCUT2D eigenvalue weighted by Crippen LogP contribution is 2.43. The second-order valence-corrected chi connectivity index (χ2v) is 11.7. The Labute approximate surface area is 249 Å². The number of hydrogen-bond acceptors (Lipinski definition) is 4. The third-order valence-electron chi connectivity index (χ3n) is 8.38. The summed E-state index contributed by atoms with van der Waals surface area (Å²) < 4.78 is 6.79. The van der Waals surface area contributed by atoms with Crippen LogP contribution in [0.4, 0.5) is 0 Å². The van der Waals surface area contributed by atoms with E-state index in [1.807, 2.05) is 48.5 Å². The number of benzene rings is 5. The topological polar surface area (TPSA) is 70.3 Å². The minimum atomic E-state index is 0.636. The highest BCUT2D eigenvalue weighted by Gasteiger charge is 2.20. The van der Waals surface area contributed by atoms with Crippen LogP contribution in [0.1, 0.15) is 11.1 Å². The van der Waals surface area contributed by atoms with Crippen molar-refractivity contribution in [1.82, 2.24) is 14.1 Å². The van der Waals surface area contributed by atoms with Crippen LogP contribution in [0.5, 0.6) is 0 Å². The number of fused-ring (bicyclic) bond motifs is 10. The van der Waals surface area contributed by atoms with Gasteiger partial charge in [-0.05, 0) is 60.7 Å². The quantitative estimate of drug-likeness (QED) is 0.210. The molecule has 9 aromatic rings. The van der Waals surface area contributed by atoms with E-state index in [-0.39, 0.29) is 0 Å². The summed E-state index contributed by atoms with van der Waals surface area (Å²) in [6.45, 7) is 0. The largest absolute Gasteiger partial charge is 0.294 e. The summed E-state index contributed by atoms with van der Waals surface area (Å²) in [6.07, 6.45) is 0. The number of para-hydroxylation sites is 2. The molecule has 0 unspecified atom stereocenters. The Kier molecular flexibility index (Phi) is 4.84. The summed E-state index contributed by atoms with van der Waals surface area (Å²) in [4.78, 5) is 5.31. The number of aromatic nitrogens is 3. The van der Waals surface area contributed by atoms with Gasteiger partial charge in [-0.1, -0.05) is 54.6 Å². The van der Waals surface area contributed by atoms with Gasteiger partial charge in [0.15, 0.2) is 0 Å². The Morgan fingerprint density at radius 2 is 1.12 bits per heavy atom. The fraction of sp³-hybridized carbons (Fsp3) is 0. The Morgan fingerprint density at radius 3 is 1.88 bits per heavy atom. The summed E-state index contributed by atoms with van der Waals surface area (Å²) >= 11 is 1.75. The van der Waals surface area contributed by atoms with Gasteiger partial charge in [-0.25, -0.2) is 4.98 Å². The van der Waals surface area contributed by atoms with Crippen molar-refractivity contribution in [3.05, 3.63) is 126 Å². The van der Waals surface area contributed by atoms with E-state index in [9.17, 15) is 10.5 Å². The van der Waals surface area contributed by atoms with Crippen LogP contribution in [-0.4, -0.2) is 14.1 Å². The molecule has 9 rings (SSSR count). The van der Waals surface area contributed by atoms with Crippen LogP contribution in [0.3, 0.4) is 0 Å². The smallest absolute Gasteiger partial charge is 0.140 e. The Balaban J connectivity index is 1.37. The van der Waals surface area contributed by atoms with E-state index in [0.717, 1.165) is 59.9 Å². The standard InChI is InChI=1S/C37H19N5S/c38-20-22-12-16-32-28(18-22)25-7-2-3-8-30(25)41(32)34-10-5-11-35(40-34)42-31-9-4-1-6-24(31)26-14-15-27-29-19-23(21-39)13-17-33(29)43-37(27)36(26)42/h1-19H. The number of pyridine rings is 1. The lowest BCUT2D eigenvalue weighted by atomic mass is 10.1. The van der Waals surface area contributed by atoms with Gasteiger partial charge in [0, 0.05) is 37.0 Å². The fourth-order valence-corrected chi connectivity index (χ4v) is 7.76. The van der Waals surface area contributed by atoms with Crippen LogP contribution in [0.15, 0.2) is 115 Å². The van der Waals surface area contributed by atoms with Crippen molar-refractivity contribution in [2.45, 2.75) is 0 Å². The average molecular weight is 566 g/mol. The van der Waals surface area contributed by atoms with E-state index in [2.05, 4.69) is 88.0 Å². The van der Waals surface area contributed by atoms with E-state index in [1.165, 1.54) is 15.5 Å². The predicted molar refractivity (Wildman–Crippen MR) is 175 cm³/mol. The van der Waals surface area contributed by atoms with Gasteiger partial charge in [0.05, 0.1) is 50.0 Å². The Morgan fingerprint density at radius 1 is 0.512 bits per heavy atom. The normalized spacial score (nSPS) is 11.7. The molecular weight excluding hydrogens is 547 g/mol. The number of nitrogens with zero attached hydrogens (tertiary/aromatic N) is 5. The molecule has 4 heterocycles. The maximum Gasteiger partial charge on any atom is 0.140 e. The molecule has 0 aliphatic heterocycles. The van der Waals surface area contributed by atoms with Crippen molar-refractivity contribution in [1.29, 1.82) is 10.5 Å². The van der Waals surface area contributed by atoms with Crippen LogP contribution in [-0.2, 0) is 0 Å². The molecule has 6 heteroatoms. The van der Waals surface area contributed by atoms with Crippen LogP contribution in [0, 0.1) is 22.7 Å². The molecule has 4 aromatic heterocycles. The molecule has 0 aliphatic rings. The minimum absolute atomic E-state index is 0.636. The lowest BCUT2D eigenvalue weighted by Crippen LogP contribution is -2.03. The Hall–Kier alpha value is -5.95. The van der Waals surface area contributed by atoms with Crippen molar-refractivity contribution < 1.29 is 0 Å². The highest BCUT2D eigenvalue weighted by atomic mass is 32.1. The monoisotopic (exact) mass is 565 g/mol. The van der Waals surface area contributed by atoms with Crippen molar-refractivity contribution in [3.8, 4) is 23.8 Å². The predicted octanol–water partition coefficient (Wildman–Crippen LogP) is 9.39. The van der Waals surface area contributed by atoms with E-state index in [4.69, 9.17) is 4.98 Å². The van der Waals surface area contributed by atoms with E-state index >= 15 is 0 Å². The van der Waals surface area contributed by atoms with Crippen molar-refractivity contribution in [2.24, 2.45) is 0 Å². The molecule has 0 aliphatic carbocycles. The van der Waals surface area contributed by atoms with Crippen molar-refractivity contribution in [2.75, 3.05) is 0 Å². The molecule has 0 spiro atoms. The molecule has 0 radical (unpaired) electrons. The van der Waals surface area contributed by atoms with Gasteiger partial charge in [-0.2, -0.15) is 10.5 Å². The first-order chi connectivity index (χ1) is 21.2. The van der Waals surface area contributed by atoms with Gasteiger partial charge in [0.1, 0.15) is 11.6 Å². The third-order valence-corrected chi connectivity index (χ3v) is 9.57. The lowest BCUT2D eigenvalue weighted by molar-refractivity contribution is 1.02. The number of rotatable bonds is 2. The zero-order valence-corrected chi connectivity index (χ0v) is 23.4. The van der Waals surface area contributed by atoms with E-state index < -0.39 is 0 Å². The molecule has 0 atom stereocenters. The van der Waals surface area contributed by atoms with Crippen molar-refractivity contribution in [3.63, 3.8) is 0 Å². The maximum absolute atomic E-state index is 9.57. The molecule has 0 bridgehead atoms. The zero-order chi connectivity index (χ0) is 28.7. The summed E-state index contributed by atoms with van der Waals surface area (Å²) in [7, 11) is 0. The summed E-state index contributed by atoms with van der Waals surface area (Å²) in [5.41, 5.74) is 5.55. The van der Waals surface area contributed by atoms with Crippen molar-refractivity contribution >= 4 is 75.1 Å². The van der Waals surface area contributed by atoms with Crippen LogP contribution in [0.2, 0.25) is 0 Å². The molecule has 198 valence electrons. The number of hydrogen-bond donors (Lipinski definition) is 0. The molecule has 0 N–H and O–H groups in total. The zero-order valence-electron chi connectivity index (χ0n) is 22.6. The van der Waals surface area contributed by atoms with Gasteiger partial charge in [-0.3, -0.25) is 9.13 Å². The van der Waals surface area contributed by atoms with Gasteiger partial charge in [0.25, 0.3) is 0 Å². The average Bonchev–Trinajstić information content (AvgIpc) is 3.71. The second-order valence-electron chi connectivity index (χ2n) is 10.7. The first-order valence-corrected chi connectivity index (χ1v) is 14.7. The van der Waals surface area contributed by atoms with Gasteiger partial charge in [0.2, 0.25) is 0 Å². The summed E-state index contributed by atoms with van der Waals surface area (Å²) in [6, 6.07) is 43.6. The number of nitriles is 2. The first-order valence-electron chi connectivity index (χ1n) is 13.9. The lowest BCUT2D eigenvalue weighted by Gasteiger charge is -2.12. The summed E-state index contributed by atoms with van der Waals surface area (Å²) in [5.74, 6) is 1.63. The molecular formula is C37H19N5S. The molecule has 0 saturated carbocycles. The maximum atomic E-state index is 9.57. The molecule has 5 nitrogen and oxygen atoms in total. The Bertz CT molecular complexity index is 2710. The molecule has 0 saturated heterocycles. The second kappa shape index (κ2) is 8.77. The number of thiophene rings is 1. The highest BCUT2D eigenvalue weighted by molar-refractivity contribution is 7.26. The van der Waals surface area contributed by atoms with Gasteiger partial charge < -0.3 is 0 Å². The van der Waals surface area contributed by atoms with E-state index in [0.29, 0.717) is 11.1 Å². The SMILES string of the molecule is N#Cc1ccc2sc3c(ccc4c5ccccc5n(-c5cccc(-n6c7ccccc7c7cc(C#N)ccc76)n5)c43)c2c1. The fourth-order valence-electron chi connectivity index (χ4n) is 6.54. The molecule has 0 fully saturated rings. The van der Waals surface area contributed by atoms with Crippen LogP contribution >= 0.6 is 11.3 Å². The van der Waals surface area contributed by atoms with Crippen LogP contribution in [0.25, 0.3) is 75.4 Å². The third kappa shape index (κ3) is 3.27. The minimum Gasteiger partial charge on any atom is -0.294 e. The first kappa shape index (κ1) is 23.7. The van der Waals surface area contributed by atoms with Crippen LogP contribution < -0.4 is 0 Å². The molecule has 43 heavy (non-hydrogen) atoms. The molecule has 0 amide bonds. The summed E-state index contributed by atoms with van der Waals surface area (Å²) in [5, 5.41) is 25.8. The van der Waals surface area contributed by atoms with Gasteiger partial charge >= 0.3 is 0 Å². The van der Waals surface area contributed by atoms with E-state index in [1.54, 1.807) is 11.3 Å².